The van der Waals surface area contributed by atoms with Gasteiger partial charge in [-0.15, -0.1) is 6.42 Å². The second-order valence-electron chi connectivity index (χ2n) is 8.99. The van der Waals surface area contributed by atoms with Gasteiger partial charge < -0.3 is 5.32 Å². The van der Waals surface area contributed by atoms with Crippen molar-refractivity contribution in [2.45, 2.75) is 32.4 Å². The van der Waals surface area contributed by atoms with Crippen LogP contribution in [0.2, 0.25) is 0 Å². The number of anilines is 2. The number of hydrogen-bond donors (Lipinski definition) is 1. The lowest BCUT2D eigenvalue weighted by Gasteiger charge is -2.21. The van der Waals surface area contributed by atoms with E-state index < -0.39 is 28.8 Å². The summed E-state index contributed by atoms with van der Waals surface area (Å²) in [7, 11) is 0. The van der Waals surface area contributed by atoms with Crippen LogP contribution in [-0.4, -0.2) is 21.8 Å². The van der Waals surface area contributed by atoms with Crippen LogP contribution in [0.4, 0.5) is 24.5 Å². The average Bonchev–Trinajstić information content (AvgIpc) is 3.11. The van der Waals surface area contributed by atoms with E-state index in [2.05, 4.69) is 21.2 Å². The van der Waals surface area contributed by atoms with Crippen molar-refractivity contribution in [1.82, 2.24) is 15.3 Å². The van der Waals surface area contributed by atoms with E-state index >= 15 is 0 Å². The summed E-state index contributed by atoms with van der Waals surface area (Å²) in [4.78, 5) is 35.8. The molecule has 0 bridgehead atoms. The van der Waals surface area contributed by atoms with Gasteiger partial charge in [0.1, 0.15) is 0 Å². The number of carbonyl (C=O) groups is 2. The van der Waals surface area contributed by atoms with E-state index in [1.54, 1.807) is 63.5 Å². The van der Waals surface area contributed by atoms with Crippen LogP contribution in [0.25, 0.3) is 11.1 Å². The summed E-state index contributed by atoms with van der Waals surface area (Å²) < 4.78 is 41.5. The third-order valence-electron chi connectivity index (χ3n) is 6.19. The summed E-state index contributed by atoms with van der Waals surface area (Å²) in [5.41, 5.74) is -0.291. The number of alkyl halides is 3. The molecule has 0 fully saturated rings. The normalized spacial score (nSPS) is 14.9. The molecule has 6 nitrogen and oxygen atoms in total. The Morgan fingerprint density at radius 3 is 2.58 bits per heavy atom. The molecule has 1 aliphatic rings. The van der Waals surface area contributed by atoms with E-state index in [0.717, 1.165) is 12.3 Å². The van der Waals surface area contributed by atoms with Crippen molar-refractivity contribution in [3.63, 3.8) is 0 Å². The molecule has 0 radical (unpaired) electrons. The van der Waals surface area contributed by atoms with Gasteiger partial charge in [0.2, 0.25) is 5.91 Å². The van der Waals surface area contributed by atoms with Crippen molar-refractivity contribution in [1.29, 1.82) is 0 Å². The van der Waals surface area contributed by atoms with Gasteiger partial charge in [0.25, 0.3) is 5.91 Å². The van der Waals surface area contributed by atoms with E-state index in [4.69, 9.17) is 6.42 Å². The molecule has 3 heterocycles. The van der Waals surface area contributed by atoms with Gasteiger partial charge in [-0.1, -0.05) is 24.1 Å². The van der Waals surface area contributed by atoms with Crippen molar-refractivity contribution in [3.05, 3.63) is 95.7 Å². The van der Waals surface area contributed by atoms with Gasteiger partial charge in [-0.2, -0.15) is 13.2 Å². The molecule has 2 aromatic heterocycles. The Bertz CT molecular complexity index is 1520. The molecule has 0 atom stereocenters. The lowest BCUT2D eigenvalue weighted by molar-refractivity contribution is -0.141. The summed E-state index contributed by atoms with van der Waals surface area (Å²) in [6, 6.07) is 9.76. The van der Waals surface area contributed by atoms with Crippen molar-refractivity contribution >= 4 is 23.2 Å². The number of nitrogens with one attached hydrogen (secondary N) is 1. The van der Waals surface area contributed by atoms with E-state index in [1.807, 2.05) is 0 Å². The van der Waals surface area contributed by atoms with Gasteiger partial charge in [0, 0.05) is 23.7 Å². The molecular formula is C29H23F3N4O2. The molecule has 1 N–H and O–H groups in total. The van der Waals surface area contributed by atoms with Crippen LogP contribution in [-0.2, 0) is 16.4 Å². The van der Waals surface area contributed by atoms with Crippen LogP contribution in [0.15, 0.2) is 78.9 Å². The molecule has 0 aliphatic carbocycles. The highest BCUT2D eigenvalue weighted by Gasteiger charge is 2.46. The quantitative estimate of drug-likeness (QED) is 0.336. The molecule has 192 valence electrons. The zero-order valence-electron chi connectivity index (χ0n) is 20.8. The Hall–Kier alpha value is -4.71. The fourth-order valence-corrected chi connectivity index (χ4v) is 4.42. The second kappa shape index (κ2) is 9.98. The van der Waals surface area contributed by atoms with E-state index in [9.17, 15) is 22.8 Å². The molecule has 0 unspecified atom stereocenters. The third-order valence-corrected chi connectivity index (χ3v) is 6.19. The maximum Gasteiger partial charge on any atom is 0.434 e. The van der Waals surface area contributed by atoms with Gasteiger partial charge >= 0.3 is 6.18 Å². The van der Waals surface area contributed by atoms with Crippen LogP contribution >= 0.6 is 0 Å². The number of pyridine rings is 2. The molecule has 0 saturated carbocycles. The first-order valence-corrected chi connectivity index (χ1v) is 11.6. The molecule has 38 heavy (non-hydrogen) atoms. The highest BCUT2D eigenvalue weighted by molar-refractivity contribution is 6.14. The standard InChI is InChI=1S/C29H23F3N4O2/c1-5-7-10-19(6-2)35-26(37)22-15-18(16-34-25(22)29(30,31)32)21-12-8-13-23-24(21)28(3,4)27(38)36(23)20-11-9-14-33-17-20/h1,6-17H,2-4H3,(H,35,37)/b10-7-,19-6+. The molecule has 3 aromatic rings. The minimum atomic E-state index is -4.87. The lowest BCUT2D eigenvalue weighted by atomic mass is 9.81. The maximum atomic E-state index is 13.8. The number of amides is 2. The number of benzene rings is 1. The van der Waals surface area contributed by atoms with Crippen LogP contribution in [0.1, 0.15) is 42.4 Å². The van der Waals surface area contributed by atoms with Gasteiger partial charge in [0.05, 0.1) is 28.6 Å². The predicted molar refractivity (Wildman–Crippen MR) is 138 cm³/mol. The average molecular weight is 517 g/mol. The number of hydrogen-bond acceptors (Lipinski definition) is 4. The van der Waals surface area contributed by atoms with Crippen LogP contribution in [0.3, 0.4) is 0 Å². The number of fused-ring (bicyclic) bond motifs is 1. The molecule has 2 amide bonds. The monoisotopic (exact) mass is 516 g/mol. The summed E-state index contributed by atoms with van der Waals surface area (Å²) >= 11 is 0. The third kappa shape index (κ3) is 4.68. The van der Waals surface area contributed by atoms with E-state index in [0.29, 0.717) is 22.5 Å². The van der Waals surface area contributed by atoms with Crippen LogP contribution in [0, 0.1) is 12.3 Å². The molecule has 1 aromatic carbocycles. The highest BCUT2D eigenvalue weighted by atomic mass is 19.4. The first kappa shape index (κ1) is 26.4. The van der Waals surface area contributed by atoms with Crippen molar-refractivity contribution in [2.75, 3.05) is 4.90 Å². The van der Waals surface area contributed by atoms with Crippen molar-refractivity contribution < 1.29 is 22.8 Å². The summed E-state index contributed by atoms with van der Waals surface area (Å²) in [5.74, 6) is 1.04. The van der Waals surface area contributed by atoms with Gasteiger partial charge in [-0.05, 0) is 68.3 Å². The summed E-state index contributed by atoms with van der Waals surface area (Å²) in [6.45, 7) is 5.10. The summed E-state index contributed by atoms with van der Waals surface area (Å²) in [6.07, 6.45) is 8.75. The number of allylic oxidation sites excluding steroid dienone is 3. The first-order chi connectivity index (χ1) is 18.0. The van der Waals surface area contributed by atoms with Gasteiger partial charge in [0.15, 0.2) is 5.69 Å². The molecule has 1 aliphatic heterocycles. The fraction of sp³-hybridized carbons (Fsp3) is 0.172. The second-order valence-corrected chi connectivity index (χ2v) is 8.99. The molecule has 9 heteroatoms. The maximum absolute atomic E-state index is 13.8. The van der Waals surface area contributed by atoms with Crippen LogP contribution < -0.4 is 10.2 Å². The van der Waals surface area contributed by atoms with E-state index in [1.165, 1.54) is 23.1 Å². The minimum absolute atomic E-state index is 0.219. The molecule has 0 saturated heterocycles. The predicted octanol–water partition coefficient (Wildman–Crippen LogP) is 5.94. The Balaban J connectivity index is 1.88. The molecular weight excluding hydrogens is 493 g/mol. The SMILES string of the molecule is C#C/C=C\C(=C/C)NC(=O)c1cc(-c2cccc3c2C(C)(C)C(=O)N3c2cccnc2)cnc1C(F)(F)F. The molecule has 0 spiro atoms. The van der Waals surface area contributed by atoms with Crippen molar-refractivity contribution in [3.8, 4) is 23.5 Å². The van der Waals surface area contributed by atoms with E-state index in [-0.39, 0.29) is 17.2 Å². The number of nitrogens with zero attached hydrogens (tertiary/aromatic N) is 3. The first-order valence-electron chi connectivity index (χ1n) is 11.6. The van der Waals surface area contributed by atoms with Crippen LogP contribution in [0.5, 0.6) is 0 Å². The summed E-state index contributed by atoms with van der Waals surface area (Å²) in [5, 5.41) is 2.44. The Morgan fingerprint density at radius 2 is 1.95 bits per heavy atom. The topological polar surface area (TPSA) is 75.2 Å². The number of rotatable bonds is 5. The Kier molecular flexibility index (Phi) is 6.92. The Morgan fingerprint density at radius 1 is 1.18 bits per heavy atom. The van der Waals surface area contributed by atoms with Crippen molar-refractivity contribution in [2.24, 2.45) is 0 Å². The largest absolute Gasteiger partial charge is 0.434 e. The number of terminal acetylenes is 1. The highest BCUT2D eigenvalue weighted by Crippen LogP contribution is 2.49. The van der Waals surface area contributed by atoms with Gasteiger partial charge in [-0.25, -0.2) is 0 Å². The Labute approximate surface area is 217 Å². The number of carbonyl (C=O) groups excluding carboxylic acids is 2. The zero-order valence-corrected chi connectivity index (χ0v) is 20.8. The smallest absolute Gasteiger partial charge is 0.322 e. The molecule has 4 rings (SSSR count). The fourth-order valence-electron chi connectivity index (χ4n) is 4.42. The van der Waals surface area contributed by atoms with Gasteiger partial charge in [-0.3, -0.25) is 24.5 Å². The number of aromatic nitrogens is 2. The number of halogens is 3. The zero-order chi connectivity index (χ0) is 27.7. The lowest BCUT2D eigenvalue weighted by Crippen LogP contribution is -2.33. The minimum Gasteiger partial charge on any atom is -0.322 e.